The molecule has 0 amide bonds. The van der Waals surface area contributed by atoms with Crippen molar-refractivity contribution in [1.82, 2.24) is 10.6 Å². The highest BCUT2D eigenvalue weighted by Crippen LogP contribution is 2.16. The van der Waals surface area contributed by atoms with E-state index in [1.807, 2.05) is 11.3 Å². The Kier molecular flexibility index (Phi) is 5.66. The van der Waals surface area contributed by atoms with Crippen LogP contribution in [0, 0.1) is 0 Å². The molecular weight excluding hydrogens is 258 g/mol. The predicted molar refractivity (Wildman–Crippen MR) is 80.9 cm³/mol. The van der Waals surface area contributed by atoms with Gasteiger partial charge < -0.3 is 15.4 Å². The number of rotatable bonds is 5. The van der Waals surface area contributed by atoms with Gasteiger partial charge in [-0.15, -0.1) is 11.3 Å². The summed E-state index contributed by atoms with van der Waals surface area (Å²) in [5.41, 5.74) is 0. The number of thiophene rings is 1. The zero-order chi connectivity index (χ0) is 13.5. The second kappa shape index (κ2) is 7.50. The third-order valence-corrected chi connectivity index (χ3v) is 4.47. The van der Waals surface area contributed by atoms with E-state index in [4.69, 9.17) is 4.74 Å². The number of hydrogen-bond acceptors (Lipinski definition) is 3. The van der Waals surface area contributed by atoms with E-state index < -0.39 is 0 Å². The fourth-order valence-corrected chi connectivity index (χ4v) is 3.01. The van der Waals surface area contributed by atoms with E-state index in [1.54, 1.807) is 7.05 Å². The lowest BCUT2D eigenvalue weighted by Crippen LogP contribution is -2.40. The van der Waals surface area contributed by atoms with Gasteiger partial charge in [-0.25, -0.2) is 0 Å². The Labute approximate surface area is 119 Å². The van der Waals surface area contributed by atoms with Gasteiger partial charge >= 0.3 is 0 Å². The van der Waals surface area contributed by atoms with Gasteiger partial charge in [0.05, 0.1) is 12.6 Å². The van der Waals surface area contributed by atoms with Gasteiger partial charge in [0.1, 0.15) is 0 Å². The van der Waals surface area contributed by atoms with Gasteiger partial charge in [0.25, 0.3) is 0 Å². The molecule has 0 bridgehead atoms. The number of nitrogens with one attached hydrogen (secondary N) is 2. The lowest BCUT2D eigenvalue weighted by molar-refractivity contribution is 0.114. The van der Waals surface area contributed by atoms with E-state index in [2.05, 4.69) is 34.7 Å². The summed E-state index contributed by atoms with van der Waals surface area (Å²) in [6.45, 7) is 4.75. The molecule has 19 heavy (non-hydrogen) atoms. The maximum Gasteiger partial charge on any atom is 0.191 e. The van der Waals surface area contributed by atoms with Crippen molar-refractivity contribution in [2.75, 3.05) is 20.2 Å². The zero-order valence-corrected chi connectivity index (χ0v) is 12.6. The Morgan fingerprint density at radius 1 is 1.42 bits per heavy atom. The highest BCUT2D eigenvalue weighted by atomic mass is 32.1. The van der Waals surface area contributed by atoms with E-state index in [1.165, 1.54) is 16.2 Å². The molecule has 0 aliphatic carbocycles. The average Bonchev–Trinajstić information content (AvgIpc) is 3.10. The Morgan fingerprint density at radius 2 is 2.26 bits per heavy atom. The van der Waals surface area contributed by atoms with Crippen LogP contribution < -0.4 is 10.6 Å². The molecule has 1 saturated heterocycles. The van der Waals surface area contributed by atoms with E-state index in [9.17, 15) is 0 Å². The monoisotopic (exact) mass is 281 g/mol. The minimum absolute atomic E-state index is 0.340. The molecule has 1 aromatic rings. The summed E-state index contributed by atoms with van der Waals surface area (Å²) in [6.07, 6.45) is 3.77. The van der Waals surface area contributed by atoms with E-state index in [-0.39, 0.29) is 0 Å². The molecule has 4 nitrogen and oxygen atoms in total. The number of hydrogen-bond donors (Lipinski definition) is 2. The molecule has 1 aliphatic heterocycles. The SMILES string of the molecule is CCc1ccc(CNC(=NC)NCC2CCCO2)s1. The molecule has 0 radical (unpaired) electrons. The second-order valence-electron chi connectivity index (χ2n) is 4.66. The lowest BCUT2D eigenvalue weighted by atomic mass is 10.2. The van der Waals surface area contributed by atoms with Crippen molar-refractivity contribution in [3.63, 3.8) is 0 Å². The fraction of sp³-hybridized carbons (Fsp3) is 0.643. The van der Waals surface area contributed by atoms with Crippen LogP contribution in [0.15, 0.2) is 17.1 Å². The van der Waals surface area contributed by atoms with Crippen LogP contribution in [-0.4, -0.2) is 32.3 Å². The number of aryl methyl sites for hydroxylation is 1. The molecule has 1 aromatic heterocycles. The van der Waals surface area contributed by atoms with E-state index in [0.29, 0.717) is 6.10 Å². The Bertz CT molecular complexity index is 411. The third kappa shape index (κ3) is 4.51. The summed E-state index contributed by atoms with van der Waals surface area (Å²) in [4.78, 5) is 7.01. The molecule has 5 heteroatoms. The van der Waals surface area contributed by atoms with Crippen molar-refractivity contribution in [1.29, 1.82) is 0 Å². The van der Waals surface area contributed by atoms with Gasteiger partial charge in [0.15, 0.2) is 5.96 Å². The number of ether oxygens (including phenoxy) is 1. The maximum atomic E-state index is 5.59. The summed E-state index contributed by atoms with van der Waals surface area (Å²) in [7, 11) is 1.80. The molecule has 1 aliphatic rings. The van der Waals surface area contributed by atoms with Crippen molar-refractivity contribution in [2.45, 2.75) is 38.8 Å². The summed E-state index contributed by atoms with van der Waals surface area (Å²) in [5, 5.41) is 6.66. The number of nitrogens with zero attached hydrogens (tertiary/aromatic N) is 1. The summed E-state index contributed by atoms with van der Waals surface area (Å²) in [5.74, 6) is 0.849. The Hall–Kier alpha value is -1.07. The van der Waals surface area contributed by atoms with Crippen LogP contribution >= 0.6 is 11.3 Å². The maximum absolute atomic E-state index is 5.59. The van der Waals surface area contributed by atoms with Crippen LogP contribution in [0.1, 0.15) is 29.5 Å². The number of aliphatic imine (C=N–C) groups is 1. The van der Waals surface area contributed by atoms with Crippen LogP contribution in [0.4, 0.5) is 0 Å². The van der Waals surface area contributed by atoms with Gasteiger partial charge in [0, 0.05) is 30.0 Å². The lowest BCUT2D eigenvalue weighted by Gasteiger charge is -2.14. The molecule has 0 spiro atoms. The third-order valence-electron chi connectivity index (χ3n) is 3.24. The van der Waals surface area contributed by atoms with E-state index in [0.717, 1.165) is 38.5 Å². The van der Waals surface area contributed by atoms with Crippen molar-refractivity contribution < 1.29 is 4.74 Å². The minimum Gasteiger partial charge on any atom is -0.376 e. The van der Waals surface area contributed by atoms with Gasteiger partial charge in [-0.05, 0) is 31.4 Å². The first-order valence-corrected chi connectivity index (χ1v) is 7.77. The fourth-order valence-electron chi connectivity index (χ4n) is 2.11. The van der Waals surface area contributed by atoms with Gasteiger partial charge in [-0.1, -0.05) is 6.92 Å². The molecule has 0 aromatic carbocycles. The molecule has 0 saturated carbocycles. The Morgan fingerprint density at radius 3 is 2.89 bits per heavy atom. The van der Waals surface area contributed by atoms with E-state index >= 15 is 0 Å². The summed E-state index contributed by atoms with van der Waals surface area (Å²) < 4.78 is 5.59. The van der Waals surface area contributed by atoms with Crippen molar-refractivity contribution in [3.05, 3.63) is 21.9 Å². The first-order valence-electron chi connectivity index (χ1n) is 6.95. The highest BCUT2D eigenvalue weighted by molar-refractivity contribution is 7.11. The zero-order valence-electron chi connectivity index (χ0n) is 11.7. The highest BCUT2D eigenvalue weighted by Gasteiger charge is 2.15. The quantitative estimate of drug-likeness (QED) is 0.642. The first kappa shape index (κ1) is 14.3. The molecule has 2 N–H and O–H groups in total. The molecular formula is C14H23N3OS. The molecule has 2 rings (SSSR count). The average molecular weight is 281 g/mol. The topological polar surface area (TPSA) is 45.7 Å². The van der Waals surface area contributed by atoms with Crippen molar-refractivity contribution >= 4 is 17.3 Å². The number of guanidine groups is 1. The summed E-state index contributed by atoms with van der Waals surface area (Å²) in [6, 6.07) is 4.38. The van der Waals surface area contributed by atoms with Crippen LogP contribution in [0.3, 0.4) is 0 Å². The molecule has 1 fully saturated rings. The van der Waals surface area contributed by atoms with Crippen LogP contribution in [0.5, 0.6) is 0 Å². The standard InChI is InChI=1S/C14H23N3OS/c1-3-12-6-7-13(19-12)10-17-14(15-2)16-9-11-5-4-8-18-11/h6-7,11H,3-5,8-10H2,1-2H3,(H2,15,16,17). The smallest absolute Gasteiger partial charge is 0.191 e. The first-order chi connectivity index (χ1) is 9.31. The van der Waals surface area contributed by atoms with Crippen molar-refractivity contribution in [3.8, 4) is 0 Å². The van der Waals surface area contributed by atoms with Gasteiger partial charge in [0.2, 0.25) is 0 Å². The molecule has 2 heterocycles. The van der Waals surface area contributed by atoms with Crippen LogP contribution in [0.2, 0.25) is 0 Å². The largest absolute Gasteiger partial charge is 0.376 e. The Balaban J connectivity index is 1.72. The van der Waals surface area contributed by atoms with Crippen LogP contribution in [-0.2, 0) is 17.7 Å². The van der Waals surface area contributed by atoms with Gasteiger partial charge in [-0.2, -0.15) is 0 Å². The minimum atomic E-state index is 0.340. The second-order valence-corrected chi connectivity index (χ2v) is 5.92. The molecule has 1 unspecified atom stereocenters. The predicted octanol–water partition coefficient (Wildman–Crippen LogP) is 2.15. The normalized spacial score (nSPS) is 19.7. The van der Waals surface area contributed by atoms with Crippen molar-refractivity contribution in [2.24, 2.45) is 4.99 Å². The molecule has 1 atom stereocenters. The van der Waals surface area contributed by atoms with Crippen LogP contribution in [0.25, 0.3) is 0 Å². The molecule has 106 valence electrons. The van der Waals surface area contributed by atoms with Gasteiger partial charge in [-0.3, -0.25) is 4.99 Å². The summed E-state index contributed by atoms with van der Waals surface area (Å²) >= 11 is 1.86.